The predicted octanol–water partition coefficient (Wildman–Crippen LogP) is 2.80. The SMILES string of the molecule is COc1ccc(-n2nc(C(F)(F)F)c(C(C)=O)c2C(=O)O)cc1. The Labute approximate surface area is 128 Å². The van der Waals surface area contributed by atoms with Gasteiger partial charge in [0.1, 0.15) is 5.75 Å². The Morgan fingerprint density at radius 2 is 1.78 bits per heavy atom. The van der Waals surface area contributed by atoms with E-state index in [0.29, 0.717) is 10.4 Å². The van der Waals surface area contributed by atoms with Crippen LogP contribution in [0.2, 0.25) is 0 Å². The zero-order chi connectivity index (χ0) is 17.4. The van der Waals surface area contributed by atoms with Gasteiger partial charge in [-0.2, -0.15) is 18.3 Å². The maximum Gasteiger partial charge on any atom is 0.435 e. The van der Waals surface area contributed by atoms with Crippen molar-refractivity contribution in [3.63, 3.8) is 0 Å². The van der Waals surface area contributed by atoms with Crippen molar-refractivity contribution < 1.29 is 32.6 Å². The lowest BCUT2D eigenvalue weighted by Crippen LogP contribution is -2.13. The van der Waals surface area contributed by atoms with E-state index in [1.54, 1.807) is 0 Å². The lowest BCUT2D eigenvalue weighted by molar-refractivity contribution is -0.141. The average Bonchev–Trinajstić information content (AvgIpc) is 2.88. The van der Waals surface area contributed by atoms with Crippen LogP contribution in [0.3, 0.4) is 0 Å². The van der Waals surface area contributed by atoms with E-state index in [4.69, 9.17) is 4.74 Å². The van der Waals surface area contributed by atoms with Crippen LogP contribution in [0.1, 0.15) is 33.5 Å². The van der Waals surface area contributed by atoms with Gasteiger partial charge in [0.15, 0.2) is 17.2 Å². The Bertz CT molecular complexity index is 764. The number of aromatic carboxylic acids is 1. The molecule has 0 aliphatic rings. The van der Waals surface area contributed by atoms with E-state index in [0.717, 1.165) is 6.92 Å². The van der Waals surface area contributed by atoms with Crippen molar-refractivity contribution in [1.29, 1.82) is 0 Å². The van der Waals surface area contributed by atoms with Gasteiger partial charge in [-0.05, 0) is 31.2 Å². The summed E-state index contributed by atoms with van der Waals surface area (Å²) < 4.78 is 44.7. The van der Waals surface area contributed by atoms with Crippen molar-refractivity contribution in [3.05, 3.63) is 41.2 Å². The van der Waals surface area contributed by atoms with Crippen molar-refractivity contribution in [2.24, 2.45) is 0 Å². The van der Waals surface area contributed by atoms with E-state index in [9.17, 15) is 27.9 Å². The molecule has 1 aromatic heterocycles. The van der Waals surface area contributed by atoms with E-state index in [1.807, 2.05) is 0 Å². The summed E-state index contributed by atoms with van der Waals surface area (Å²) in [4.78, 5) is 22.9. The van der Waals surface area contributed by atoms with Gasteiger partial charge in [0.2, 0.25) is 0 Å². The van der Waals surface area contributed by atoms with Crippen LogP contribution in [0, 0.1) is 0 Å². The maximum atomic E-state index is 13.1. The van der Waals surface area contributed by atoms with Crippen molar-refractivity contribution in [3.8, 4) is 11.4 Å². The Morgan fingerprint density at radius 3 is 2.17 bits per heavy atom. The topological polar surface area (TPSA) is 81.4 Å². The molecule has 0 aliphatic heterocycles. The average molecular weight is 328 g/mol. The number of carboxylic acid groups (broad SMARTS) is 1. The van der Waals surface area contributed by atoms with E-state index in [1.165, 1.54) is 31.4 Å². The number of rotatable bonds is 4. The fourth-order valence-corrected chi connectivity index (χ4v) is 2.06. The van der Waals surface area contributed by atoms with Crippen LogP contribution >= 0.6 is 0 Å². The quantitative estimate of drug-likeness (QED) is 0.873. The number of ketones is 1. The summed E-state index contributed by atoms with van der Waals surface area (Å²) in [6, 6.07) is 5.54. The van der Waals surface area contributed by atoms with Crippen LogP contribution in [0.25, 0.3) is 5.69 Å². The van der Waals surface area contributed by atoms with Crippen molar-refractivity contribution in [2.45, 2.75) is 13.1 Å². The molecule has 0 fully saturated rings. The molecule has 9 heteroatoms. The van der Waals surface area contributed by atoms with Crippen LogP contribution < -0.4 is 4.74 Å². The first kappa shape index (κ1) is 16.5. The number of carbonyl (C=O) groups is 2. The monoisotopic (exact) mass is 328 g/mol. The van der Waals surface area contributed by atoms with Gasteiger partial charge in [0, 0.05) is 0 Å². The van der Waals surface area contributed by atoms with Crippen LogP contribution in [0.4, 0.5) is 13.2 Å². The summed E-state index contributed by atoms with van der Waals surface area (Å²) in [6.07, 6.45) is -4.96. The zero-order valence-corrected chi connectivity index (χ0v) is 12.0. The number of methoxy groups -OCH3 is 1. The molecule has 0 aliphatic carbocycles. The number of alkyl halides is 3. The molecule has 1 heterocycles. The van der Waals surface area contributed by atoms with Gasteiger partial charge < -0.3 is 9.84 Å². The molecule has 0 atom stereocenters. The van der Waals surface area contributed by atoms with E-state index in [-0.39, 0.29) is 5.69 Å². The highest BCUT2D eigenvalue weighted by molar-refractivity contribution is 6.05. The summed E-state index contributed by atoms with van der Waals surface area (Å²) in [6.45, 7) is 0.858. The number of nitrogens with zero attached hydrogens (tertiary/aromatic N) is 2. The number of halogens is 3. The van der Waals surface area contributed by atoms with Crippen LogP contribution in [-0.2, 0) is 6.18 Å². The number of ether oxygens (including phenoxy) is 1. The van der Waals surface area contributed by atoms with Crippen molar-refractivity contribution in [2.75, 3.05) is 7.11 Å². The molecule has 0 radical (unpaired) electrons. The standard InChI is InChI=1S/C14H11F3N2O4/c1-7(20)10-11(13(21)22)19(18-12(10)14(15,16)17)8-3-5-9(23-2)6-4-8/h3-6H,1-2H3,(H,21,22). The Morgan fingerprint density at radius 1 is 1.22 bits per heavy atom. The normalized spacial score (nSPS) is 11.3. The molecule has 6 nitrogen and oxygen atoms in total. The summed E-state index contributed by atoms with van der Waals surface area (Å²) >= 11 is 0. The molecule has 23 heavy (non-hydrogen) atoms. The fraction of sp³-hybridized carbons (Fsp3) is 0.214. The fourth-order valence-electron chi connectivity index (χ4n) is 2.06. The third-order valence-corrected chi connectivity index (χ3v) is 3.03. The Hall–Kier alpha value is -2.84. The minimum absolute atomic E-state index is 0.0567. The summed E-state index contributed by atoms with van der Waals surface area (Å²) in [5.41, 5.74) is -3.28. The lowest BCUT2D eigenvalue weighted by Gasteiger charge is -2.06. The second-order valence-electron chi connectivity index (χ2n) is 4.54. The summed E-state index contributed by atoms with van der Waals surface area (Å²) in [5.74, 6) is -2.29. The molecule has 0 saturated carbocycles. The predicted molar refractivity (Wildman–Crippen MR) is 72.1 cm³/mol. The number of carbonyl (C=O) groups excluding carboxylic acids is 1. The van der Waals surface area contributed by atoms with Crippen LogP contribution in [0.15, 0.2) is 24.3 Å². The first-order valence-corrected chi connectivity index (χ1v) is 6.25. The summed E-state index contributed by atoms with van der Waals surface area (Å²) in [5, 5.41) is 12.5. The number of carboxylic acids is 1. The van der Waals surface area contributed by atoms with Gasteiger partial charge in [-0.25, -0.2) is 9.48 Å². The summed E-state index contributed by atoms with van der Waals surface area (Å²) in [7, 11) is 1.40. The largest absolute Gasteiger partial charge is 0.497 e. The number of Topliss-reactive ketones (excluding diaryl/α,β-unsaturated/α-hetero) is 1. The van der Waals surface area contributed by atoms with Gasteiger partial charge in [0.05, 0.1) is 18.4 Å². The highest BCUT2D eigenvalue weighted by atomic mass is 19.4. The molecule has 2 rings (SSSR count). The minimum Gasteiger partial charge on any atom is -0.497 e. The molecule has 0 bridgehead atoms. The molecule has 0 spiro atoms. The second kappa shape index (κ2) is 5.75. The molecule has 1 N–H and O–H groups in total. The van der Waals surface area contributed by atoms with Crippen molar-refractivity contribution >= 4 is 11.8 Å². The highest BCUT2D eigenvalue weighted by Gasteiger charge is 2.42. The Kier molecular flexibility index (Phi) is 4.13. The molecule has 0 amide bonds. The van der Waals surface area contributed by atoms with Gasteiger partial charge in [0.25, 0.3) is 0 Å². The first-order valence-electron chi connectivity index (χ1n) is 6.25. The van der Waals surface area contributed by atoms with E-state index < -0.39 is 34.9 Å². The highest BCUT2D eigenvalue weighted by Crippen LogP contribution is 2.34. The van der Waals surface area contributed by atoms with Gasteiger partial charge in [-0.1, -0.05) is 0 Å². The molecular weight excluding hydrogens is 317 g/mol. The van der Waals surface area contributed by atoms with Crippen LogP contribution in [0.5, 0.6) is 5.75 Å². The van der Waals surface area contributed by atoms with Crippen LogP contribution in [-0.4, -0.2) is 33.7 Å². The van der Waals surface area contributed by atoms with Gasteiger partial charge >= 0.3 is 12.1 Å². The second-order valence-corrected chi connectivity index (χ2v) is 4.54. The number of hydrogen-bond donors (Lipinski definition) is 1. The van der Waals surface area contributed by atoms with E-state index in [2.05, 4.69) is 5.10 Å². The maximum absolute atomic E-state index is 13.1. The van der Waals surface area contributed by atoms with Gasteiger partial charge in [-0.3, -0.25) is 4.79 Å². The molecule has 2 aromatic rings. The smallest absolute Gasteiger partial charge is 0.435 e. The number of aromatic nitrogens is 2. The molecule has 1 aromatic carbocycles. The molecule has 0 unspecified atom stereocenters. The Balaban J connectivity index is 2.76. The lowest BCUT2D eigenvalue weighted by atomic mass is 10.1. The number of benzene rings is 1. The van der Waals surface area contributed by atoms with Crippen molar-refractivity contribution in [1.82, 2.24) is 9.78 Å². The minimum atomic E-state index is -4.96. The third-order valence-electron chi connectivity index (χ3n) is 3.03. The first-order chi connectivity index (χ1) is 10.7. The third kappa shape index (κ3) is 3.03. The molecule has 0 saturated heterocycles. The van der Waals surface area contributed by atoms with E-state index >= 15 is 0 Å². The number of hydrogen-bond acceptors (Lipinski definition) is 4. The molecule has 122 valence electrons. The molecular formula is C14H11F3N2O4. The van der Waals surface area contributed by atoms with Gasteiger partial charge in [-0.15, -0.1) is 0 Å². The zero-order valence-electron chi connectivity index (χ0n) is 12.0.